The fourth-order valence-electron chi connectivity index (χ4n) is 2.10. The van der Waals surface area contributed by atoms with Crippen molar-refractivity contribution in [2.24, 2.45) is 0 Å². The fraction of sp³-hybridized carbons (Fsp3) is 0.267. The summed E-state index contributed by atoms with van der Waals surface area (Å²) in [7, 11) is 0. The molecule has 0 unspecified atom stereocenters. The van der Waals surface area contributed by atoms with Gasteiger partial charge in [-0.15, -0.1) is 0 Å². The van der Waals surface area contributed by atoms with Crippen LogP contribution in [0.2, 0.25) is 0 Å². The molecule has 1 saturated carbocycles. The highest BCUT2D eigenvalue weighted by Crippen LogP contribution is 2.31. The van der Waals surface area contributed by atoms with Gasteiger partial charge >= 0.3 is 0 Å². The second-order valence-electron chi connectivity index (χ2n) is 4.97. The lowest BCUT2D eigenvalue weighted by Gasteiger charge is -2.25. The molecule has 0 aliphatic heterocycles. The van der Waals surface area contributed by atoms with Crippen LogP contribution in [0.15, 0.2) is 34.7 Å². The number of furan rings is 1. The van der Waals surface area contributed by atoms with Gasteiger partial charge in [0, 0.05) is 11.6 Å². The molecule has 1 aromatic carbocycles. The third kappa shape index (κ3) is 2.34. The average Bonchev–Trinajstić information content (AvgIpc) is 2.86. The van der Waals surface area contributed by atoms with E-state index in [9.17, 15) is 15.0 Å². The van der Waals surface area contributed by atoms with Gasteiger partial charge < -0.3 is 19.9 Å². The van der Waals surface area contributed by atoms with Crippen LogP contribution in [0.25, 0.3) is 11.3 Å². The molecule has 5 nitrogen and oxygen atoms in total. The quantitative estimate of drug-likeness (QED) is 0.751. The lowest BCUT2D eigenvalue weighted by molar-refractivity contribution is 0.0889. The van der Waals surface area contributed by atoms with Crippen molar-refractivity contribution in [3.05, 3.63) is 36.1 Å². The molecule has 1 aromatic heterocycles. The summed E-state index contributed by atoms with van der Waals surface area (Å²) in [4.78, 5) is 11.9. The van der Waals surface area contributed by atoms with E-state index in [0.29, 0.717) is 11.3 Å². The van der Waals surface area contributed by atoms with E-state index < -0.39 is 0 Å². The summed E-state index contributed by atoms with van der Waals surface area (Å²) >= 11 is 0. The first-order valence-electron chi connectivity index (χ1n) is 6.56. The third-order valence-corrected chi connectivity index (χ3v) is 3.53. The Labute approximate surface area is 115 Å². The minimum atomic E-state index is -0.223. The lowest BCUT2D eigenvalue weighted by atomic mass is 9.93. The monoisotopic (exact) mass is 273 g/mol. The molecule has 104 valence electrons. The molecule has 3 rings (SSSR count). The van der Waals surface area contributed by atoms with E-state index in [1.54, 1.807) is 18.2 Å². The maximum Gasteiger partial charge on any atom is 0.287 e. The maximum atomic E-state index is 11.9. The number of aromatic hydroxyl groups is 2. The second kappa shape index (κ2) is 4.92. The van der Waals surface area contributed by atoms with Crippen molar-refractivity contribution < 1.29 is 19.4 Å². The molecule has 0 atom stereocenters. The number of hydrogen-bond acceptors (Lipinski definition) is 4. The number of benzene rings is 1. The molecule has 2 aromatic rings. The summed E-state index contributed by atoms with van der Waals surface area (Å²) in [5, 5.41) is 21.6. The number of phenolic OH excluding ortho intramolecular Hbond substituents is 2. The minimum Gasteiger partial charge on any atom is -0.504 e. The van der Waals surface area contributed by atoms with E-state index in [1.807, 2.05) is 0 Å². The lowest BCUT2D eigenvalue weighted by Crippen LogP contribution is -2.39. The standard InChI is InChI=1S/C15H15NO4/c17-11-5-4-9(8-12(11)18)13-6-7-14(20-13)15(19)16-10-2-1-3-10/h4-8,10,17-18H,1-3H2,(H,16,19). The van der Waals surface area contributed by atoms with Gasteiger partial charge in [0.05, 0.1) is 0 Å². The zero-order valence-corrected chi connectivity index (χ0v) is 10.8. The van der Waals surface area contributed by atoms with Crippen molar-refractivity contribution in [2.45, 2.75) is 25.3 Å². The van der Waals surface area contributed by atoms with Crippen LogP contribution in [-0.2, 0) is 0 Å². The van der Waals surface area contributed by atoms with E-state index in [2.05, 4.69) is 5.32 Å². The van der Waals surface area contributed by atoms with Crippen LogP contribution in [0.4, 0.5) is 0 Å². The number of rotatable bonds is 3. The zero-order valence-electron chi connectivity index (χ0n) is 10.8. The Kier molecular flexibility index (Phi) is 3.10. The van der Waals surface area contributed by atoms with Gasteiger partial charge in [-0.2, -0.15) is 0 Å². The largest absolute Gasteiger partial charge is 0.504 e. The maximum absolute atomic E-state index is 11.9. The van der Waals surface area contributed by atoms with E-state index in [4.69, 9.17) is 4.42 Å². The van der Waals surface area contributed by atoms with Gasteiger partial charge in [-0.05, 0) is 49.6 Å². The van der Waals surface area contributed by atoms with E-state index in [1.165, 1.54) is 12.1 Å². The van der Waals surface area contributed by atoms with Crippen molar-refractivity contribution in [1.82, 2.24) is 5.32 Å². The van der Waals surface area contributed by atoms with Gasteiger partial charge in [0.2, 0.25) is 0 Å². The van der Waals surface area contributed by atoms with Crippen molar-refractivity contribution in [1.29, 1.82) is 0 Å². The van der Waals surface area contributed by atoms with Gasteiger partial charge in [0.15, 0.2) is 17.3 Å². The molecule has 1 aliphatic carbocycles. The smallest absolute Gasteiger partial charge is 0.287 e. The molecule has 20 heavy (non-hydrogen) atoms. The topological polar surface area (TPSA) is 82.7 Å². The Morgan fingerprint density at radius 2 is 1.95 bits per heavy atom. The first-order valence-corrected chi connectivity index (χ1v) is 6.56. The molecule has 5 heteroatoms. The van der Waals surface area contributed by atoms with Gasteiger partial charge in [-0.3, -0.25) is 4.79 Å². The molecule has 1 amide bonds. The number of carbonyl (C=O) groups is 1. The van der Waals surface area contributed by atoms with Crippen LogP contribution in [0, 0.1) is 0 Å². The molecule has 0 bridgehead atoms. The van der Waals surface area contributed by atoms with Crippen molar-refractivity contribution in [3.8, 4) is 22.8 Å². The van der Waals surface area contributed by atoms with Crippen LogP contribution >= 0.6 is 0 Å². The van der Waals surface area contributed by atoms with Gasteiger partial charge in [0.25, 0.3) is 5.91 Å². The Balaban J connectivity index is 1.78. The normalized spacial score (nSPS) is 14.8. The number of hydrogen-bond donors (Lipinski definition) is 3. The van der Waals surface area contributed by atoms with Crippen LogP contribution in [0.5, 0.6) is 11.5 Å². The first-order chi connectivity index (χ1) is 9.63. The van der Waals surface area contributed by atoms with Crippen LogP contribution in [0.3, 0.4) is 0 Å². The summed E-state index contributed by atoms with van der Waals surface area (Å²) in [5.41, 5.74) is 0.600. The second-order valence-corrected chi connectivity index (χ2v) is 4.97. The Morgan fingerprint density at radius 1 is 1.15 bits per heavy atom. The Bertz CT molecular complexity index is 643. The highest BCUT2D eigenvalue weighted by molar-refractivity contribution is 5.92. The molecule has 1 aliphatic rings. The fourth-order valence-corrected chi connectivity index (χ4v) is 2.10. The molecule has 0 saturated heterocycles. The van der Waals surface area contributed by atoms with Crippen LogP contribution in [-0.4, -0.2) is 22.2 Å². The number of nitrogens with one attached hydrogen (secondary N) is 1. The number of carbonyl (C=O) groups excluding carboxylic acids is 1. The Morgan fingerprint density at radius 3 is 2.60 bits per heavy atom. The van der Waals surface area contributed by atoms with E-state index >= 15 is 0 Å². The molecule has 0 radical (unpaired) electrons. The minimum absolute atomic E-state index is 0.191. The van der Waals surface area contributed by atoms with Crippen LogP contribution < -0.4 is 5.32 Å². The van der Waals surface area contributed by atoms with Crippen molar-refractivity contribution >= 4 is 5.91 Å². The van der Waals surface area contributed by atoms with Gasteiger partial charge in [-0.1, -0.05) is 0 Å². The summed E-state index contributed by atoms with van der Waals surface area (Å²) in [6, 6.07) is 7.91. The van der Waals surface area contributed by atoms with E-state index in [-0.39, 0.29) is 29.2 Å². The third-order valence-electron chi connectivity index (χ3n) is 3.53. The highest BCUT2D eigenvalue weighted by Gasteiger charge is 2.21. The Hall–Kier alpha value is -2.43. The molecule has 3 N–H and O–H groups in total. The average molecular weight is 273 g/mol. The summed E-state index contributed by atoms with van der Waals surface area (Å²) < 4.78 is 5.49. The van der Waals surface area contributed by atoms with Crippen molar-refractivity contribution in [2.75, 3.05) is 0 Å². The SMILES string of the molecule is O=C(NC1CCC1)c1ccc(-c2ccc(O)c(O)c2)o1. The highest BCUT2D eigenvalue weighted by atomic mass is 16.4. The summed E-state index contributed by atoms with van der Waals surface area (Å²) in [6.45, 7) is 0. The molecular weight excluding hydrogens is 258 g/mol. The molecule has 1 heterocycles. The predicted molar refractivity (Wildman–Crippen MR) is 72.6 cm³/mol. The van der Waals surface area contributed by atoms with Crippen LogP contribution in [0.1, 0.15) is 29.8 Å². The molecule has 0 spiro atoms. The summed E-state index contributed by atoms with van der Waals surface area (Å²) in [6.07, 6.45) is 3.19. The molecular formula is C15H15NO4. The van der Waals surface area contributed by atoms with Gasteiger partial charge in [-0.25, -0.2) is 0 Å². The number of amides is 1. The van der Waals surface area contributed by atoms with Gasteiger partial charge in [0.1, 0.15) is 5.76 Å². The number of phenols is 2. The predicted octanol–water partition coefficient (Wildman–Crippen LogP) is 2.64. The summed E-state index contributed by atoms with van der Waals surface area (Å²) in [5.74, 6) is 0.0881. The van der Waals surface area contributed by atoms with E-state index in [0.717, 1.165) is 19.3 Å². The van der Waals surface area contributed by atoms with Crippen molar-refractivity contribution in [3.63, 3.8) is 0 Å². The first kappa shape index (κ1) is 12.6. The zero-order chi connectivity index (χ0) is 14.1. The molecule has 1 fully saturated rings.